The number of hydrogen-bond donors (Lipinski definition) is 18. The molecule has 0 aliphatic heterocycles. The highest BCUT2D eigenvalue weighted by atomic mass is 35.5. The number of furan rings is 1. The lowest BCUT2D eigenvalue weighted by molar-refractivity contribution is -0.257. The van der Waals surface area contributed by atoms with Crippen molar-refractivity contribution in [3.05, 3.63) is 291 Å². The van der Waals surface area contributed by atoms with Crippen LogP contribution in [0.4, 0.5) is 0 Å². The Balaban J connectivity index is -0.000000421. The van der Waals surface area contributed by atoms with Gasteiger partial charge in [-0.2, -0.15) is 0 Å². The normalized spacial score (nSPS) is 9.93. The van der Waals surface area contributed by atoms with Gasteiger partial charge in [-0.3, -0.25) is 0 Å². The van der Waals surface area contributed by atoms with Gasteiger partial charge in [0.15, 0.2) is 0 Å². The van der Waals surface area contributed by atoms with Crippen LogP contribution < -0.4 is 33.8 Å². The van der Waals surface area contributed by atoms with Gasteiger partial charge in [0.2, 0.25) is 0 Å². The molecule has 0 saturated heterocycles. The summed E-state index contributed by atoms with van der Waals surface area (Å²) in [7, 11) is 0. The van der Waals surface area contributed by atoms with Crippen LogP contribution in [0.25, 0.3) is 21.9 Å². The molecule has 680 valence electrons. The summed E-state index contributed by atoms with van der Waals surface area (Å²) in [5.41, 5.74) is 11.4. The Morgan fingerprint density at radius 1 is 0.306 bits per heavy atom. The van der Waals surface area contributed by atoms with E-state index in [0.717, 1.165) is 118 Å². The maximum Gasteiger partial charge on any atom is 0.149 e. The molecule has 0 saturated carbocycles. The Labute approximate surface area is 735 Å². The maximum absolute atomic E-state index is 11.0. The maximum atomic E-state index is 11.0. The third kappa shape index (κ3) is 44.2. The van der Waals surface area contributed by atoms with Crippen molar-refractivity contribution in [3.8, 4) is 97.4 Å². The number of aromatic carboxylic acids is 3. The summed E-state index contributed by atoms with van der Waals surface area (Å²) < 4.78 is 4.94. The van der Waals surface area contributed by atoms with Gasteiger partial charge in [0.1, 0.15) is 104 Å². The van der Waals surface area contributed by atoms with Crippen LogP contribution in [-0.4, -0.2) is 94.5 Å². The topological polar surface area (TPSA) is 546 Å². The first-order valence-corrected chi connectivity index (χ1v) is 39.7. The highest BCUT2D eigenvalue weighted by molar-refractivity contribution is 6.31. The standard InChI is InChI=1S/C16H14O2.C14H14O2.C10H13Cl.C10H14.C8H10O3.5C6H6O3.5C2H6.3H3N/c1-16(2)13-6-4-3-5-11(13)12-8-7-10(15(17)18)9-14(12)16;1-9(2)10-3-4-12-8-13(14(15)16)6-5-11(12)7-10;1-7(2)9-5-4-8(3)6-10(9)11;1-8(2)10-6-4-9(3)5-7-10;1-5(2)6-3-4-7(11-6)8(9)10;5*7-4-1-5(8)3-6(9)2-4;5*1-2;;;/h3-9H,1-2H3,(H,17,18);3-9H,1-2H3,(H,15,16);4-7H,1-3H3;4-8H,1-3H3;3-5H,1-2H3,(H,9,10);5*1-3,7-9H;5*1-2H3;3*1H3. The van der Waals surface area contributed by atoms with Crippen molar-refractivity contribution in [1.82, 2.24) is 18.5 Å². The molecule has 27 N–H and O–H groups in total. The molecule has 11 aromatic carbocycles. The zero-order chi connectivity index (χ0) is 93.3. The molecule has 124 heavy (non-hydrogen) atoms. The summed E-state index contributed by atoms with van der Waals surface area (Å²) in [5.74, 6) is -3.28. The summed E-state index contributed by atoms with van der Waals surface area (Å²) in [6.45, 7) is 45.3. The van der Waals surface area contributed by atoms with Gasteiger partial charge in [-0.15, -0.1) is 0 Å². The van der Waals surface area contributed by atoms with Crippen LogP contribution >= 0.6 is 11.6 Å². The molecule has 0 bridgehead atoms. The number of hydrogen-bond acceptors (Lipinski definition) is 22. The van der Waals surface area contributed by atoms with Gasteiger partial charge in [0.25, 0.3) is 0 Å². The molecule has 12 aromatic rings. The predicted molar refractivity (Wildman–Crippen MR) is 495 cm³/mol. The number of aromatic hydroxyl groups is 15. The fourth-order valence-electron chi connectivity index (χ4n) is 10.3. The number of carbonyl (C=O) groups is 3. The number of fused-ring (bicyclic) bond motifs is 4. The number of phenolic OH excluding ortho intramolecular Hbond substituents is 15. The Morgan fingerprint density at radius 2 is 0.605 bits per heavy atom. The smallest absolute Gasteiger partial charge is 0.149 e. The number of quaternary nitrogens is 3. The molecule has 0 fully saturated rings. The lowest BCUT2D eigenvalue weighted by Crippen LogP contribution is -2.23. The highest BCUT2D eigenvalue weighted by Gasteiger charge is 2.35. The van der Waals surface area contributed by atoms with Crippen LogP contribution in [0.15, 0.2) is 229 Å². The van der Waals surface area contributed by atoms with Crippen LogP contribution in [0, 0.1) is 13.8 Å². The quantitative estimate of drug-likeness (QED) is 0.0704. The third-order valence-electron chi connectivity index (χ3n) is 15.9. The molecule has 0 unspecified atom stereocenters. The van der Waals surface area contributed by atoms with Crippen molar-refractivity contribution in [1.29, 1.82) is 0 Å². The summed E-state index contributed by atoms with van der Waals surface area (Å²) in [6, 6.07) is 59.7. The van der Waals surface area contributed by atoms with Crippen molar-refractivity contribution in [3.63, 3.8) is 0 Å². The molecular formula is C98H134ClN3O22. The molecule has 26 heteroatoms. The molecule has 1 aromatic heterocycles. The van der Waals surface area contributed by atoms with Crippen molar-refractivity contribution in [2.75, 3.05) is 0 Å². The van der Waals surface area contributed by atoms with Gasteiger partial charge in [-0.25, -0.2) is 0 Å². The average molecular weight is 1740 g/mol. The second-order valence-corrected chi connectivity index (χ2v) is 27.3. The fraction of sp³-hybridized carbons (Fsp3) is 0.276. The Bertz CT molecular complexity index is 4520. The van der Waals surface area contributed by atoms with E-state index in [9.17, 15) is 29.7 Å². The molecule has 0 radical (unpaired) electrons. The van der Waals surface area contributed by atoms with Crippen molar-refractivity contribution >= 4 is 40.3 Å². The van der Waals surface area contributed by atoms with Gasteiger partial charge in [0, 0.05) is 107 Å². The first kappa shape index (κ1) is 119. The largest absolute Gasteiger partial charge is 0.545 e. The molecule has 0 spiro atoms. The third-order valence-corrected chi connectivity index (χ3v) is 16.3. The monoisotopic (exact) mass is 1740 g/mol. The Morgan fingerprint density at radius 3 is 0.903 bits per heavy atom. The van der Waals surface area contributed by atoms with Crippen LogP contribution in [0.3, 0.4) is 0 Å². The summed E-state index contributed by atoms with van der Waals surface area (Å²) in [4.78, 5) is 31.9. The second-order valence-electron chi connectivity index (χ2n) is 26.9. The molecule has 25 nitrogen and oxygen atoms in total. The number of rotatable bonds is 7. The molecule has 1 aliphatic carbocycles. The molecule has 0 atom stereocenters. The number of carbonyl (C=O) groups excluding carboxylic acids is 3. The van der Waals surface area contributed by atoms with E-state index in [0.29, 0.717) is 23.5 Å². The summed E-state index contributed by atoms with van der Waals surface area (Å²) in [5, 5.41) is 165. The van der Waals surface area contributed by atoms with E-state index in [1.807, 2.05) is 126 Å². The van der Waals surface area contributed by atoms with E-state index in [4.69, 9.17) is 92.6 Å². The Hall–Kier alpha value is -13.5. The van der Waals surface area contributed by atoms with Crippen LogP contribution in [0.2, 0.25) is 5.02 Å². The number of benzene rings is 11. The first-order valence-electron chi connectivity index (χ1n) is 39.4. The summed E-state index contributed by atoms with van der Waals surface area (Å²) >= 11 is 6.02. The first-order chi connectivity index (χ1) is 56.9. The van der Waals surface area contributed by atoms with E-state index in [1.165, 1.54) is 45.0 Å². The van der Waals surface area contributed by atoms with Crippen LogP contribution in [0.1, 0.15) is 238 Å². The van der Waals surface area contributed by atoms with Crippen LogP contribution in [-0.2, 0) is 5.41 Å². The molecule has 13 rings (SSSR count). The van der Waals surface area contributed by atoms with Crippen molar-refractivity contribution < 1.29 is 111 Å². The number of aryl methyl sites for hydroxylation is 2. The second kappa shape index (κ2) is 61.8. The predicted octanol–water partition coefficient (Wildman–Crippen LogP) is 22.6. The van der Waals surface area contributed by atoms with Gasteiger partial charge in [0.05, 0.1) is 11.9 Å². The molecule has 1 aliphatic rings. The summed E-state index contributed by atoms with van der Waals surface area (Å²) in [6.07, 6.45) is 0. The van der Waals surface area contributed by atoms with E-state index < -0.39 is 17.9 Å². The van der Waals surface area contributed by atoms with E-state index >= 15 is 0 Å². The van der Waals surface area contributed by atoms with Gasteiger partial charge < -0.3 is 129 Å². The Kier molecular flexibility index (Phi) is 59.3. The number of phenols is 15. The van der Waals surface area contributed by atoms with Crippen molar-refractivity contribution in [2.45, 2.75) is 181 Å². The zero-order valence-corrected chi connectivity index (χ0v) is 76.9. The molecule has 1 heterocycles. The van der Waals surface area contributed by atoms with E-state index in [2.05, 4.69) is 124 Å². The number of carboxylic acid groups (broad SMARTS) is 3. The molecule has 0 amide bonds. The zero-order valence-electron chi connectivity index (χ0n) is 76.1. The van der Waals surface area contributed by atoms with E-state index in [-0.39, 0.29) is 133 Å². The molecular weight excluding hydrogens is 1610 g/mol. The van der Waals surface area contributed by atoms with Crippen LogP contribution in [0.5, 0.6) is 86.2 Å². The van der Waals surface area contributed by atoms with Gasteiger partial charge in [-0.05, 0) is 128 Å². The lowest BCUT2D eigenvalue weighted by atomic mass is 9.82. The van der Waals surface area contributed by atoms with E-state index in [1.54, 1.807) is 30.3 Å². The SMILES string of the molecule is CC.CC.CC.CC.CC.CC(C)c1ccc(C(=O)[O-])o1.CC(C)c1ccc2cc(C(=O)[O-])ccc2c1.CC1(C)c2ccccc2-c2ccc(C(=O)[O-])cc21.Cc1ccc(C(C)C)c(Cl)c1.Cc1ccc(C(C)C)cc1.Oc1cc(O)cc(O)c1.Oc1cc(O)cc(O)c1.Oc1cc(O)cc(O)c1.Oc1cc(O)cc(O)c1.Oc1cc(O)cc(O)c1.[NH4+].[NH4+].[NH4+]. The average Bonchev–Trinajstić information content (AvgIpc) is 1.58. The van der Waals surface area contributed by atoms with Crippen molar-refractivity contribution in [2.24, 2.45) is 0 Å². The minimum absolute atomic E-state index is 0. The van der Waals surface area contributed by atoms with Gasteiger partial charge in [-0.1, -0.05) is 259 Å². The number of carboxylic acids is 3. The van der Waals surface area contributed by atoms with Gasteiger partial charge >= 0.3 is 0 Å². The lowest BCUT2D eigenvalue weighted by Gasteiger charge is -2.22. The minimum atomic E-state index is -1.27. The minimum Gasteiger partial charge on any atom is -0.545 e. The fourth-order valence-corrected chi connectivity index (χ4v) is 10.8. The number of halogens is 1. The highest BCUT2D eigenvalue weighted by Crippen LogP contribution is 2.49.